The van der Waals surface area contributed by atoms with Gasteiger partial charge in [0.15, 0.2) is 11.6 Å². The Hall–Kier alpha value is -3.64. The highest BCUT2D eigenvalue weighted by Crippen LogP contribution is 2.34. The summed E-state index contributed by atoms with van der Waals surface area (Å²) in [5.41, 5.74) is 7.20. The number of hydrogen-bond donors (Lipinski definition) is 2. The number of fused-ring (bicyclic) bond motifs is 1. The van der Waals surface area contributed by atoms with Crippen LogP contribution < -0.4 is 15.5 Å². The fourth-order valence-electron chi connectivity index (χ4n) is 3.48. The molecule has 0 bridgehead atoms. The number of thiophene rings is 1. The predicted molar refractivity (Wildman–Crippen MR) is 121 cm³/mol. The number of imidazole rings is 1. The Labute approximate surface area is 187 Å². The molecule has 12 heteroatoms. The second-order valence-corrected chi connectivity index (χ2v) is 8.49. The van der Waals surface area contributed by atoms with Crippen molar-refractivity contribution in [3.05, 3.63) is 41.4 Å². The van der Waals surface area contributed by atoms with Gasteiger partial charge in [-0.15, -0.1) is 11.3 Å². The molecule has 3 N–H and O–H groups in total. The molecule has 0 spiro atoms. The number of amides is 1. The molecule has 0 atom stereocenters. The Morgan fingerprint density at radius 3 is 2.72 bits per heavy atom. The number of nitrogens with one attached hydrogen (secondary N) is 1. The lowest BCUT2D eigenvalue weighted by Gasteiger charge is -2.28. The van der Waals surface area contributed by atoms with Crippen molar-refractivity contribution in [2.45, 2.75) is 6.54 Å². The molecule has 1 aliphatic heterocycles. The van der Waals surface area contributed by atoms with Crippen LogP contribution in [-0.2, 0) is 11.3 Å². The van der Waals surface area contributed by atoms with Gasteiger partial charge in [0.25, 0.3) is 5.91 Å². The van der Waals surface area contributed by atoms with E-state index in [2.05, 4.69) is 30.9 Å². The summed E-state index contributed by atoms with van der Waals surface area (Å²) in [6, 6.07) is 2.07. The molecule has 11 nitrogen and oxygen atoms in total. The maximum atomic E-state index is 11.2. The first-order chi connectivity index (χ1) is 15.6. The van der Waals surface area contributed by atoms with Crippen molar-refractivity contribution in [3.63, 3.8) is 0 Å². The van der Waals surface area contributed by atoms with Gasteiger partial charge in [0.1, 0.15) is 5.69 Å². The maximum absolute atomic E-state index is 11.2. The van der Waals surface area contributed by atoms with Crippen molar-refractivity contribution in [3.8, 4) is 11.5 Å². The summed E-state index contributed by atoms with van der Waals surface area (Å²) >= 11 is 1.65. The van der Waals surface area contributed by atoms with Crippen LogP contribution in [-0.4, -0.2) is 69.2 Å². The molecule has 32 heavy (non-hydrogen) atoms. The summed E-state index contributed by atoms with van der Waals surface area (Å²) in [5.74, 6) is 1.47. The number of carbonyl (C=O) groups excluding carboxylic acids is 1. The number of hydrogen-bond acceptors (Lipinski definition) is 10. The summed E-state index contributed by atoms with van der Waals surface area (Å²) in [6.07, 6.45) is 6.21. The third-order valence-corrected chi connectivity index (χ3v) is 6.22. The quantitative estimate of drug-likeness (QED) is 0.446. The van der Waals surface area contributed by atoms with E-state index < -0.39 is 5.91 Å². The van der Waals surface area contributed by atoms with Gasteiger partial charge in [-0.3, -0.25) is 4.79 Å². The van der Waals surface area contributed by atoms with Gasteiger partial charge in [-0.05, 0) is 6.07 Å². The summed E-state index contributed by atoms with van der Waals surface area (Å²) < 4.78 is 6.55. The van der Waals surface area contributed by atoms with E-state index in [1.807, 2.05) is 11.9 Å². The van der Waals surface area contributed by atoms with Gasteiger partial charge in [-0.2, -0.15) is 0 Å². The van der Waals surface area contributed by atoms with Gasteiger partial charge in [-0.1, -0.05) is 0 Å². The molecule has 4 aromatic rings. The second-order valence-electron chi connectivity index (χ2n) is 7.35. The van der Waals surface area contributed by atoms with Crippen LogP contribution in [0.25, 0.3) is 21.7 Å². The minimum absolute atomic E-state index is 0.278. The van der Waals surface area contributed by atoms with Gasteiger partial charge < -0.3 is 25.3 Å². The minimum atomic E-state index is -0.550. The van der Waals surface area contributed by atoms with Crippen LogP contribution in [0.1, 0.15) is 15.2 Å². The van der Waals surface area contributed by atoms with Crippen LogP contribution in [0.5, 0.6) is 0 Å². The van der Waals surface area contributed by atoms with E-state index >= 15 is 0 Å². The number of aromatic amines is 1. The fraction of sp³-hybridized carbons (Fsp3) is 0.300. The van der Waals surface area contributed by atoms with Gasteiger partial charge in [0.05, 0.1) is 48.1 Å². The van der Waals surface area contributed by atoms with E-state index in [-0.39, 0.29) is 5.56 Å². The number of nitrogens with two attached hydrogens (primary N) is 1. The molecule has 1 saturated heterocycles. The number of ether oxygens (including phenoxy) is 1. The molecular formula is C20H21N9O2S. The van der Waals surface area contributed by atoms with Gasteiger partial charge >= 0.3 is 0 Å². The van der Waals surface area contributed by atoms with Gasteiger partial charge in [-0.25, -0.2) is 24.9 Å². The third kappa shape index (κ3) is 3.97. The number of aromatic nitrogens is 6. The van der Waals surface area contributed by atoms with Crippen molar-refractivity contribution in [2.24, 2.45) is 5.73 Å². The molecule has 0 radical (unpaired) electrons. The highest BCUT2D eigenvalue weighted by atomic mass is 32.1. The molecule has 0 unspecified atom stereocenters. The molecule has 1 aliphatic rings. The smallest absolute Gasteiger partial charge is 0.251 e. The number of nitrogens with zero attached hydrogens (tertiary/aromatic N) is 7. The van der Waals surface area contributed by atoms with Gasteiger partial charge in [0.2, 0.25) is 5.95 Å². The van der Waals surface area contributed by atoms with E-state index in [9.17, 15) is 4.79 Å². The van der Waals surface area contributed by atoms with Crippen LogP contribution in [0, 0.1) is 0 Å². The molecule has 5 rings (SSSR count). The molecule has 164 valence electrons. The largest absolute Gasteiger partial charge is 0.378 e. The van der Waals surface area contributed by atoms with E-state index in [4.69, 9.17) is 20.4 Å². The van der Waals surface area contributed by atoms with Crippen molar-refractivity contribution in [2.75, 3.05) is 43.2 Å². The molecule has 5 heterocycles. The number of morpholine rings is 1. The van der Waals surface area contributed by atoms with E-state index in [1.54, 1.807) is 23.9 Å². The Morgan fingerprint density at radius 2 is 2.03 bits per heavy atom. The zero-order chi connectivity index (χ0) is 22.1. The van der Waals surface area contributed by atoms with Gasteiger partial charge in [0, 0.05) is 37.4 Å². The lowest BCUT2D eigenvalue weighted by atomic mass is 10.3. The molecule has 0 saturated carbocycles. The van der Waals surface area contributed by atoms with Crippen LogP contribution in [0.3, 0.4) is 0 Å². The minimum Gasteiger partial charge on any atom is -0.378 e. The number of H-pyrrole nitrogens is 1. The average molecular weight is 452 g/mol. The first kappa shape index (κ1) is 20.3. The van der Waals surface area contributed by atoms with Crippen LogP contribution in [0.15, 0.2) is 31.0 Å². The molecule has 0 aliphatic carbocycles. The highest BCUT2D eigenvalue weighted by molar-refractivity contribution is 7.19. The number of carbonyl (C=O) groups is 1. The number of rotatable bonds is 6. The zero-order valence-electron chi connectivity index (χ0n) is 17.4. The lowest BCUT2D eigenvalue weighted by Crippen LogP contribution is -2.36. The molecular weight excluding hydrogens is 430 g/mol. The Morgan fingerprint density at radius 1 is 1.25 bits per heavy atom. The first-order valence-electron chi connectivity index (χ1n) is 10.0. The number of primary amides is 1. The average Bonchev–Trinajstić information content (AvgIpc) is 3.49. The Bertz CT molecular complexity index is 1230. The topological polar surface area (TPSA) is 139 Å². The lowest BCUT2D eigenvalue weighted by molar-refractivity contribution is 0.0999. The molecule has 1 fully saturated rings. The van der Waals surface area contributed by atoms with Crippen molar-refractivity contribution >= 4 is 39.2 Å². The maximum Gasteiger partial charge on any atom is 0.251 e. The summed E-state index contributed by atoms with van der Waals surface area (Å²) in [6.45, 7) is 3.48. The van der Waals surface area contributed by atoms with Crippen LogP contribution >= 0.6 is 11.3 Å². The summed E-state index contributed by atoms with van der Waals surface area (Å²) in [7, 11) is 1.90. The molecule has 1 amide bonds. The van der Waals surface area contributed by atoms with E-state index in [1.165, 1.54) is 12.4 Å². The predicted octanol–water partition coefficient (Wildman–Crippen LogP) is 1.44. The zero-order valence-corrected chi connectivity index (χ0v) is 18.2. The Kier molecular flexibility index (Phi) is 5.37. The standard InChI is InChI=1S/C20H21N9O2S/c1-28(20-23-7-12(8-24-20)17(21)30)10-13-6-14-16(32-13)19(29-2-4-31-5-3-29)27-18(26-14)15-9-22-11-25-15/h6-9,11H,2-5,10H2,1H3,(H2,21,30)(H,22,25). The van der Waals surface area contributed by atoms with Crippen LogP contribution in [0.2, 0.25) is 0 Å². The normalized spacial score (nSPS) is 14.1. The molecule has 0 aromatic carbocycles. The highest BCUT2D eigenvalue weighted by Gasteiger charge is 2.21. The summed E-state index contributed by atoms with van der Waals surface area (Å²) in [5, 5.41) is 0. The van der Waals surface area contributed by atoms with Crippen molar-refractivity contribution in [1.29, 1.82) is 0 Å². The van der Waals surface area contributed by atoms with E-state index in [0.717, 1.165) is 39.7 Å². The number of anilines is 2. The van der Waals surface area contributed by atoms with E-state index in [0.29, 0.717) is 31.5 Å². The van der Waals surface area contributed by atoms with Crippen molar-refractivity contribution in [1.82, 2.24) is 29.9 Å². The fourth-order valence-corrected chi connectivity index (χ4v) is 4.65. The first-order valence-corrected chi connectivity index (χ1v) is 10.8. The third-order valence-electron chi connectivity index (χ3n) is 5.11. The second kappa shape index (κ2) is 8.48. The monoisotopic (exact) mass is 451 g/mol. The van der Waals surface area contributed by atoms with Crippen LogP contribution in [0.4, 0.5) is 11.8 Å². The van der Waals surface area contributed by atoms with Crippen molar-refractivity contribution < 1.29 is 9.53 Å². The molecule has 4 aromatic heterocycles. The summed E-state index contributed by atoms with van der Waals surface area (Å²) in [4.78, 5) is 41.8. The Balaban J connectivity index is 1.48. The SMILES string of the molecule is CN(Cc1cc2nc(-c3cnc[nH]3)nc(N3CCOCC3)c2s1)c1ncc(C(N)=O)cn1.